The number of aliphatic hydroxyl groups excluding tert-OH is 1. The molecule has 3 rings (SSSR count). The van der Waals surface area contributed by atoms with Crippen LogP contribution in [0.4, 0.5) is 0 Å². The molecule has 3 heteroatoms. The lowest BCUT2D eigenvalue weighted by molar-refractivity contribution is -0.150. The van der Waals surface area contributed by atoms with Crippen molar-refractivity contribution in [3.63, 3.8) is 0 Å². The molecule has 1 N–H and O–H groups in total. The molecule has 2 aliphatic rings. The van der Waals surface area contributed by atoms with E-state index >= 15 is 0 Å². The van der Waals surface area contributed by atoms with E-state index in [9.17, 15) is 0 Å². The molecule has 76 valence electrons. The molecule has 0 unspecified atom stereocenters. The van der Waals surface area contributed by atoms with Crippen LogP contribution in [0.15, 0.2) is 24.3 Å². The van der Waals surface area contributed by atoms with Crippen LogP contribution in [0.1, 0.15) is 11.1 Å². The first-order valence-corrected chi connectivity index (χ1v) is 4.76. The van der Waals surface area contributed by atoms with Crippen LogP contribution in [0.25, 0.3) is 0 Å². The van der Waals surface area contributed by atoms with Crippen molar-refractivity contribution in [3.05, 3.63) is 35.4 Å². The molecule has 1 aromatic carbocycles. The minimum Gasteiger partial charge on any atom is -0.388 e. The molecule has 1 saturated heterocycles. The number of hydrogen-bond acceptors (Lipinski definition) is 3. The van der Waals surface area contributed by atoms with Gasteiger partial charge in [-0.05, 0) is 17.5 Å². The lowest BCUT2D eigenvalue weighted by Crippen LogP contribution is -2.28. The average molecular weight is 194 g/mol. The molecule has 0 spiro atoms. The van der Waals surface area contributed by atoms with E-state index in [1.807, 2.05) is 0 Å². The molecule has 0 aromatic heterocycles. The van der Waals surface area contributed by atoms with Crippen LogP contribution < -0.4 is 0 Å². The van der Waals surface area contributed by atoms with Crippen LogP contribution >= 0.6 is 0 Å². The Morgan fingerprint density at radius 3 is 2.00 bits per heavy atom. The molecule has 1 aromatic rings. The Balaban J connectivity index is 0.000000107. The van der Waals surface area contributed by atoms with Gasteiger partial charge in [-0.15, -0.1) is 0 Å². The maximum atomic E-state index is 8.66. The molecule has 0 radical (unpaired) electrons. The van der Waals surface area contributed by atoms with Crippen LogP contribution in [-0.4, -0.2) is 31.2 Å². The fraction of sp³-hybridized carbons (Fsp3) is 0.455. The fourth-order valence-corrected chi connectivity index (χ4v) is 1.31. The minimum absolute atomic E-state index is 0.330. The van der Waals surface area contributed by atoms with Gasteiger partial charge in [-0.25, -0.2) is 0 Å². The summed E-state index contributed by atoms with van der Waals surface area (Å²) >= 11 is 0. The average Bonchev–Trinajstić information content (AvgIpc) is 2.98. The zero-order valence-electron chi connectivity index (χ0n) is 7.98. The highest BCUT2D eigenvalue weighted by Crippen LogP contribution is 2.25. The normalized spacial score (nSPS) is 19.2. The molecule has 1 fully saturated rings. The highest BCUT2D eigenvalue weighted by molar-refractivity contribution is 5.44. The Bertz CT molecular complexity index is 271. The van der Waals surface area contributed by atoms with E-state index in [4.69, 9.17) is 14.6 Å². The topological polar surface area (TPSA) is 38.7 Å². The zero-order valence-corrected chi connectivity index (χ0v) is 7.98. The van der Waals surface area contributed by atoms with E-state index in [2.05, 4.69) is 24.3 Å². The zero-order chi connectivity index (χ0) is 9.80. The Kier molecular flexibility index (Phi) is 3.14. The SMILES string of the molecule is OC1COCOC1.c1ccc2c(c1)C2. The lowest BCUT2D eigenvalue weighted by atomic mass is 10.4. The van der Waals surface area contributed by atoms with Crippen molar-refractivity contribution in [2.75, 3.05) is 20.0 Å². The van der Waals surface area contributed by atoms with Gasteiger partial charge < -0.3 is 14.6 Å². The summed E-state index contributed by atoms with van der Waals surface area (Å²) in [7, 11) is 0. The van der Waals surface area contributed by atoms with E-state index in [1.165, 1.54) is 17.5 Å². The number of ether oxygens (including phenoxy) is 2. The van der Waals surface area contributed by atoms with E-state index in [1.54, 1.807) is 0 Å². The van der Waals surface area contributed by atoms with E-state index in [0.29, 0.717) is 20.0 Å². The van der Waals surface area contributed by atoms with E-state index < -0.39 is 6.10 Å². The number of benzene rings is 1. The van der Waals surface area contributed by atoms with Gasteiger partial charge >= 0.3 is 0 Å². The summed E-state index contributed by atoms with van der Waals surface area (Å²) in [6, 6.07) is 8.53. The maximum Gasteiger partial charge on any atom is 0.146 e. The minimum atomic E-state index is -0.409. The van der Waals surface area contributed by atoms with Gasteiger partial charge in [-0.3, -0.25) is 0 Å². The molecule has 0 amide bonds. The third kappa shape index (κ3) is 2.80. The van der Waals surface area contributed by atoms with Crippen LogP contribution in [0.5, 0.6) is 0 Å². The number of aliphatic hydroxyl groups is 1. The summed E-state index contributed by atoms with van der Waals surface area (Å²) < 4.78 is 9.42. The summed E-state index contributed by atoms with van der Waals surface area (Å²) in [6.45, 7) is 1.16. The van der Waals surface area contributed by atoms with Crippen molar-refractivity contribution in [2.24, 2.45) is 0 Å². The van der Waals surface area contributed by atoms with Crippen LogP contribution in [0, 0.1) is 0 Å². The number of rotatable bonds is 0. The van der Waals surface area contributed by atoms with Crippen LogP contribution in [0.3, 0.4) is 0 Å². The Morgan fingerprint density at radius 2 is 1.64 bits per heavy atom. The van der Waals surface area contributed by atoms with Gasteiger partial charge in [-0.2, -0.15) is 0 Å². The summed E-state index contributed by atoms with van der Waals surface area (Å²) in [5.41, 5.74) is 3.06. The van der Waals surface area contributed by atoms with Gasteiger partial charge in [0.2, 0.25) is 0 Å². The Morgan fingerprint density at radius 1 is 1.07 bits per heavy atom. The molecule has 3 nitrogen and oxygen atoms in total. The molecular formula is C11H14O3. The molecule has 0 saturated carbocycles. The van der Waals surface area contributed by atoms with Crippen LogP contribution in [-0.2, 0) is 15.9 Å². The summed E-state index contributed by atoms with van der Waals surface area (Å²) in [5, 5.41) is 8.66. The van der Waals surface area contributed by atoms with Crippen molar-refractivity contribution in [2.45, 2.75) is 12.5 Å². The van der Waals surface area contributed by atoms with Gasteiger partial charge in [0.05, 0.1) is 13.2 Å². The predicted molar refractivity (Wildman–Crippen MR) is 52.0 cm³/mol. The summed E-state index contributed by atoms with van der Waals surface area (Å²) in [4.78, 5) is 0. The Labute approximate surface area is 83.3 Å². The molecule has 1 aliphatic heterocycles. The fourth-order valence-electron chi connectivity index (χ4n) is 1.31. The van der Waals surface area contributed by atoms with Crippen LogP contribution in [0.2, 0.25) is 0 Å². The monoisotopic (exact) mass is 194 g/mol. The maximum absolute atomic E-state index is 8.66. The summed E-state index contributed by atoms with van der Waals surface area (Å²) in [5.74, 6) is 0. The van der Waals surface area contributed by atoms with Gasteiger partial charge in [0, 0.05) is 0 Å². The first-order chi connectivity index (χ1) is 6.86. The molecule has 0 atom stereocenters. The highest BCUT2D eigenvalue weighted by atomic mass is 16.7. The number of hydrogen-bond donors (Lipinski definition) is 1. The molecule has 1 aliphatic carbocycles. The van der Waals surface area contributed by atoms with Crippen molar-refractivity contribution in [1.82, 2.24) is 0 Å². The van der Waals surface area contributed by atoms with Gasteiger partial charge in [0.25, 0.3) is 0 Å². The smallest absolute Gasteiger partial charge is 0.146 e. The standard InChI is InChI=1S/C7H6.C4H8O3/c1-2-4-7-5-6(7)3-1;5-4-1-6-3-7-2-4/h1-4H,5H2;4-5H,1-3H2. The second-order valence-electron chi connectivity index (χ2n) is 3.46. The summed E-state index contributed by atoms with van der Waals surface area (Å²) in [6.07, 6.45) is 0.834. The molecular weight excluding hydrogens is 180 g/mol. The Hall–Kier alpha value is -0.900. The second kappa shape index (κ2) is 4.55. The predicted octanol–water partition coefficient (Wildman–Crippen LogP) is 0.942. The van der Waals surface area contributed by atoms with Crippen molar-refractivity contribution < 1.29 is 14.6 Å². The lowest BCUT2D eigenvalue weighted by Gasteiger charge is -2.16. The van der Waals surface area contributed by atoms with Crippen molar-refractivity contribution >= 4 is 0 Å². The first-order valence-electron chi connectivity index (χ1n) is 4.76. The molecule has 0 bridgehead atoms. The van der Waals surface area contributed by atoms with Crippen molar-refractivity contribution in [3.8, 4) is 0 Å². The third-order valence-corrected chi connectivity index (χ3v) is 2.16. The van der Waals surface area contributed by atoms with Gasteiger partial charge in [0.1, 0.15) is 12.9 Å². The third-order valence-electron chi connectivity index (χ3n) is 2.16. The second-order valence-corrected chi connectivity index (χ2v) is 3.46. The quantitative estimate of drug-likeness (QED) is 0.678. The van der Waals surface area contributed by atoms with E-state index in [-0.39, 0.29) is 0 Å². The molecule has 1 heterocycles. The van der Waals surface area contributed by atoms with Gasteiger partial charge in [-0.1, -0.05) is 24.3 Å². The number of fused-ring (bicyclic) bond motifs is 1. The van der Waals surface area contributed by atoms with E-state index in [0.717, 1.165) is 0 Å². The first kappa shape index (κ1) is 9.65. The largest absolute Gasteiger partial charge is 0.388 e. The highest BCUT2D eigenvalue weighted by Gasteiger charge is 2.12. The molecule has 14 heavy (non-hydrogen) atoms. The van der Waals surface area contributed by atoms with Crippen molar-refractivity contribution in [1.29, 1.82) is 0 Å². The van der Waals surface area contributed by atoms with Gasteiger partial charge in [0.15, 0.2) is 0 Å².